The largest absolute Gasteiger partial charge is 0.586 e. The molecule has 0 bridgehead atoms. The number of methoxy groups -OCH3 is 1. The molecular formula is C31H26F5N5O7. The highest BCUT2D eigenvalue weighted by Gasteiger charge is 2.53. The lowest BCUT2D eigenvalue weighted by Crippen LogP contribution is -2.45. The molecule has 12 nitrogen and oxygen atoms in total. The summed E-state index contributed by atoms with van der Waals surface area (Å²) < 4.78 is 91.2. The third-order valence-corrected chi connectivity index (χ3v) is 8.82. The number of hydrogen-bond acceptors (Lipinski definition) is 9. The minimum absolute atomic E-state index is 0.0266. The molecule has 0 radical (unpaired) electrons. The van der Waals surface area contributed by atoms with E-state index in [-0.39, 0.29) is 62.9 Å². The highest BCUT2D eigenvalue weighted by Crippen LogP contribution is 2.52. The van der Waals surface area contributed by atoms with Crippen molar-refractivity contribution in [2.75, 3.05) is 20.3 Å². The van der Waals surface area contributed by atoms with Crippen molar-refractivity contribution in [1.29, 1.82) is 0 Å². The van der Waals surface area contributed by atoms with Crippen LogP contribution in [0.1, 0.15) is 47.9 Å². The molecule has 0 unspecified atom stereocenters. The van der Waals surface area contributed by atoms with E-state index in [9.17, 15) is 32.3 Å². The van der Waals surface area contributed by atoms with Crippen LogP contribution in [0.2, 0.25) is 0 Å². The third-order valence-electron chi connectivity index (χ3n) is 8.82. The molecule has 2 aromatic carbocycles. The maximum Gasteiger partial charge on any atom is 0.586 e. The number of aliphatic hydroxyl groups is 1. The Morgan fingerprint density at radius 2 is 1.94 bits per heavy atom. The highest BCUT2D eigenvalue weighted by atomic mass is 19.3. The number of nitrogens with one attached hydrogen (secondary N) is 1. The number of hydrogen-bond donors (Lipinski definition) is 3. The second-order valence-electron chi connectivity index (χ2n) is 12.0. The van der Waals surface area contributed by atoms with Gasteiger partial charge in [0.15, 0.2) is 23.1 Å². The molecule has 7 rings (SSSR count). The molecule has 17 heteroatoms. The average Bonchev–Trinajstić information content (AvgIpc) is 3.59. The Balaban J connectivity index is 1.30. The molecular weight excluding hydrogens is 649 g/mol. The molecule has 4 aromatic rings. The quantitative estimate of drug-likeness (QED) is 0.222. The Labute approximate surface area is 267 Å². The van der Waals surface area contributed by atoms with Crippen molar-refractivity contribution in [3.8, 4) is 34.3 Å². The molecule has 48 heavy (non-hydrogen) atoms. The summed E-state index contributed by atoms with van der Waals surface area (Å²) in [6.07, 6.45) is -2.03. The van der Waals surface area contributed by atoms with Crippen LogP contribution in [0.3, 0.4) is 0 Å². The summed E-state index contributed by atoms with van der Waals surface area (Å²) in [7, 11) is 1.28. The molecule has 4 N–H and O–H groups in total. The normalized spacial score (nSPS) is 20.4. The van der Waals surface area contributed by atoms with E-state index in [0.717, 1.165) is 6.20 Å². The van der Waals surface area contributed by atoms with E-state index in [1.807, 2.05) is 0 Å². The lowest BCUT2D eigenvalue weighted by atomic mass is 9.80. The Hall–Kier alpha value is -5.19. The average molecular weight is 676 g/mol. The van der Waals surface area contributed by atoms with Gasteiger partial charge >= 0.3 is 12.8 Å². The van der Waals surface area contributed by atoms with Crippen molar-refractivity contribution in [2.45, 2.75) is 43.6 Å². The van der Waals surface area contributed by atoms with Crippen molar-refractivity contribution < 1.29 is 55.6 Å². The molecule has 4 heterocycles. The molecule has 2 amide bonds. The zero-order chi connectivity index (χ0) is 34.3. The van der Waals surface area contributed by atoms with Gasteiger partial charge in [-0.3, -0.25) is 9.59 Å². The van der Waals surface area contributed by atoms with Gasteiger partial charge in [-0.05, 0) is 56.0 Å². The molecule has 1 saturated carbocycles. The first kappa shape index (κ1) is 31.4. The maximum absolute atomic E-state index is 16.7. The van der Waals surface area contributed by atoms with Crippen molar-refractivity contribution in [1.82, 2.24) is 20.1 Å². The zero-order valence-electron chi connectivity index (χ0n) is 25.2. The van der Waals surface area contributed by atoms with Crippen molar-refractivity contribution in [3.05, 3.63) is 59.2 Å². The van der Waals surface area contributed by atoms with Crippen LogP contribution in [0.25, 0.3) is 22.2 Å². The van der Waals surface area contributed by atoms with E-state index in [1.165, 1.54) is 44.4 Å². The summed E-state index contributed by atoms with van der Waals surface area (Å²) in [6.45, 7) is -2.53. The number of benzene rings is 2. The number of alkyl halides is 4. The van der Waals surface area contributed by atoms with Gasteiger partial charge in [0.1, 0.15) is 40.3 Å². The van der Waals surface area contributed by atoms with Gasteiger partial charge in [-0.1, -0.05) is 0 Å². The van der Waals surface area contributed by atoms with Crippen molar-refractivity contribution in [2.24, 2.45) is 11.7 Å². The molecule has 2 atom stereocenters. The van der Waals surface area contributed by atoms with Crippen LogP contribution in [0, 0.1) is 11.7 Å². The summed E-state index contributed by atoms with van der Waals surface area (Å²) in [5, 5.41) is 18.7. The van der Waals surface area contributed by atoms with Gasteiger partial charge < -0.3 is 35.1 Å². The fourth-order valence-corrected chi connectivity index (χ4v) is 6.05. The maximum atomic E-state index is 16.7. The van der Waals surface area contributed by atoms with E-state index < -0.39 is 59.6 Å². The number of aromatic nitrogens is 3. The fourth-order valence-electron chi connectivity index (χ4n) is 6.05. The van der Waals surface area contributed by atoms with Crippen LogP contribution in [0.5, 0.6) is 23.0 Å². The third kappa shape index (κ3) is 4.91. The molecule has 0 saturated heterocycles. The van der Waals surface area contributed by atoms with Gasteiger partial charge in [0.2, 0.25) is 5.91 Å². The van der Waals surface area contributed by atoms with Crippen LogP contribution in [-0.2, 0) is 15.8 Å². The number of nitrogens with zero attached hydrogens (tertiary/aromatic N) is 3. The second kappa shape index (κ2) is 10.7. The van der Waals surface area contributed by atoms with E-state index >= 15 is 4.39 Å². The van der Waals surface area contributed by atoms with Gasteiger partial charge in [-0.2, -0.15) is 13.9 Å². The summed E-state index contributed by atoms with van der Waals surface area (Å²) in [4.78, 5) is 30.5. The molecule has 0 spiro atoms. The summed E-state index contributed by atoms with van der Waals surface area (Å²) in [6, 6.07) is 6.28. The monoisotopic (exact) mass is 675 g/mol. The minimum Gasteiger partial charge on any atom is -0.494 e. The lowest BCUT2D eigenvalue weighted by Gasteiger charge is -2.30. The summed E-state index contributed by atoms with van der Waals surface area (Å²) in [5.41, 5.74) is 1.05. The number of pyridine rings is 1. The van der Waals surface area contributed by atoms with E-state index in [2.05, 4.69) is 24.9 Å². The topological polar surface area (TPSA) is 160 Å². The summed E-state index contributed by atoms with van der Waals surface area (Å²) in [5.74, 6) is -4.13. The Morgan fingerprint density at radius 3 is 2.60 bits per heavy atom. The molecule has 252 valence electrons. The Morgan fingerprint density at radius 1 is 1.21 bits per heavy atom. The predicted molar refractivity (Wildman–Crippen MR) is 154 cm³/mol. The van der Waals surface area contributed by atoms with Crippen LogP contribution in [0.4, 0.5) is 22.0 Å². The molecule has 2 aliphatic heterocycles. The number of fused-ring (bicyclic) bond motifs is 3. The van der Waals surface area contributed by atoms with Gasteiger partial charge in [0.05, 0.1) is 19.2 Å². The molecule has 2 aromatic heterocycles. The van der Waals surface area contributed by atoms with E-state index in [0.29, 0.717) is 17.5 Å². The number of halogens is 5. The van der Waals surface area contributed by atoms with Crippen LogP contribution in [-0.4, -0.2) is 58.2 Å². The SMILES string of the molecule is COc1cc(C(=O)NC[C@](O)(c2nc(-c3ccc4c(c3)OC(F)(F)O4)c3c(c2F)[C@@](C)(C(N)=O)CO3)C2CC2)cc2cn(C(F)F)nc12. The Kier molecular flexibility index (Phi) is 6.98. The number of amides is 2. The van der Waals surface area contributed by atoms with E-state index in [1.54, 1.807) is 0 Å². The number of ether oxygens (including phenoxy) is 4. The number of primary amides is 1. The first-order chi connectivity index (χ1) is 22.6. The smallest absolute Gasteiger partial charge is 0.494 e. The standard InChI is InChI=1S/C31H26F5N5O7/c1-29(27(37)43)12-46-24-20(29)21(32)25(39-23(24)13-3-6-17-18(8-13)48-31(35,36)47-17)30(44,16-4-5-16)11-38-26(42)14-7-15-10-41(28(33)34)40-22(15)19(9-14)45-2/h3,6-10,16,28,44H,4-5,11-12H2,1-2H3,(H2,37,43)(H,38,42)/t29-,30+/m0/s1. The van der Waals surface area contributed by atoms with E-state index in [4.69, 9.17) is 15.2 Å². The summed E-state index contributed by atoms with van der Waals surface area (Å²) >= 11 is 0. The minimum atomic E-state index is -3.92. The van der Waals surface area contributed by atoms with Gasteiger partial charge in [0.25, 0.3) is 5.91 Å². The number of rotatable bonds is 9. The number of nitrogens with two attached hydrogens (primary N) is 1. The van der Waals surface area contributed by atoms with Crippen LogP contribution < -0.4 is 30.0 Å². The fraction of sp³-hybridized carbons (Fsp3) is 0.355. The van der Waals surface area contributed by atoms with Crippen molar-refractivity contribution in [3.63, 3.8) is 0 Å². The zero-order valence-corrected chi connectivity index (χ0v) is 25.2. The van der Waals surface area contributed by atoms with Crippen LogP contribution in [0.15, 0.2) is 36.5 Å². The van der Waals surface area contributed by atoms with Gasteiger partial charge in [-0.25, -0.2) is 14.1 Å². The van der Waals surface area contributed by atoms with Gasteiger partial charge in [-0.15, -0.1) is 8.78 Å². The first-order valence-corrected chi connectivity index (χ1v) is 14.6. The Bertz CT molecular complexity index is 2020. The number of carbonyl (C=O) groups is 2. The van der Waals surface area contributed by atoms with Crippen molar-refractivity contribution >= 4 is 22.7 Å². The second-order valence-corrected chi connectivity index (χ2v) is 12.0. The highest BCUT2D eigenvalue weighted by molar-refractivity contribution is 6.00. The van der Waals surface area contributed by atoms with Crippen LogP contribution >= 0.6 is 0 Å². The predicted octanol–water partition coefficient (Wildman–Crippen LogP) is 4.13. The van der Waals surface area contributed by atoms with Gasteiger partial charge in [0, 0.05) is 22.7 Å². The number of carbonyl (C=O) groups excluding carboxylic acids is 2. The first-order valence-electron chi connectivity index (χ1n) is 14.6. The molecule has 1 fully saturated rings. The molecule has 1 aliphatic carbocycles. The molecule has 3 aliphatic rings. The lowest BCUT2D eigenvalue weighted by molar-refractivity contribution is -0.286.